The number of amides is 2. The molecular weight excluding hydrogens is 308 g/mol. The first-order valence-electron chi connectivity index (χ1n) is 8.14. The molecule has 1 fully saturated rings. The van der Waals surface area contributed by atoms with Gasteiger partial charge in [0.1, 0.15) is 5.54 Å². The number of para-hydroxylation sites is 2. The van der Waals surface area contributed by atoms with Gasteiger partial charge in [0.15, 0.2) is 0 Å². The Labute approximate surface area is 139 Å². The highest BCUT2D eigenvalue weighted by Crippen LogP contribution is 2.28. The first kappa shape index (κ1) is 16.3. The summed E-state index contributed by atoms with van der Waals surface area (Å²) in [7, 11) is 0. The number of primary amides is 1. The molecule has 0 saturated heterocycles. The first-order valence-corrected chi connectivity index (χ1v) is 8.14. The molecule has 0 atom stereocenters. The van der Waals surface area contributed by atoms with Crippen molar-refractivity contribution in [1.29, 1.82) is 0 Å². The van der Waals surface area contributed by atoms with Gasteiger partial charge in [0, 0.05) is 6.54 Å². The third kappa shape index (κ3) is 2.70. The Balaban J connectivity index is 2.04. The van der Waals surface area contributed by atoms with Gasteiger partial charge in [-0.15, -0.1) is 0 Å². The van der Waals surface area contributed by atoms with Gasteiger partial charge in [-0.05, 0) is 44.7 Å². The van der Waals surface area contributed by atoms with Crippen LogP contribution in [0, 0.1) is 5.92 Å². The average molecular weight is 330 g/mol. The van der Waals surface area contributed by atoms with Gasteiger partial charge in [0.2, 0.25) is 5.91 Å². The number of nitrogens with one attached hydrogen (secondary N) is 1. The number of carbonyl (C=O) groups is 2. The summed E-state index contributed by atoms with van der Waals surface area (Å²) in [5, 5.41) is 2.54. The summed E-state index contributed by atoms with van der Waals surface area (Å²) >= 11 is 0. The summed E-state index contributed by atoms with van der Waals surface area (Å²) in [6.07, 6.45) is 3.39. The average Bonchev–Trinajstić information content (AvgIpc) is 2.74. The van der Waals surface area contributed by atoms with Crippen molar-refractivity contribution in [1.82, 2.24) is 14.5 Å². The van der Waals surface area contributed by atoms with Crippen LogP contribution in [0.15, 0.2) is 29.1 Å². The van der Waals surface area contributed by atoms with E-state index >= 15 is 0 Å². The van der Waals surface area contributed by atoms with E-state index < -0.39 is 17.5 Å². The van der Waals surface area contributed by atoms with Crippen molar-refractivity contribution in [2.24, 2.45) is 11.7 Å². The largest absolute Gasteiger partial charge is 0.368 e. The van der Waals surface area contributed by atoms with Gasteiger partial charge in [-0.2, -0.15) is 0 Å². The molecule has 1 heterocycles. The quantitative estimate of drug-likeness (QED) is 0.887. The maximum atomic E-state index is 12.8. The van der Waals surface area contributed by atoms with Crippen LogP contribution in [0.3, 0.4) is 0 Å². The molecule has 1 aliphatic rings. The minimum atomic E-state index is -1.24. The Bertz CT molecular complexity index is 858. The van der Waals surface area contributed by atoms with Crippen LogP contribution in [0.4, 0.5) is 4.79 Å². The number of hydrogen-bond acceptors (Lipinski definition) is 3. The molecule has 128 valence electrons. The van der Waals surface area contributed by atoms with E-state index in [0.717, 1.165) is 22.9 Å². The van der Waals surface area contributed by atoms with Crippen LogP contribution in [-0.4, -0.2) is 26.6 Å². The van der Waals surface area contributed by atoms with Crippen LogP contribution < -0.4 is 16.7 Å². The summed E-state index contributed by atoms with van der Waals surface area (Å²) in [5.74, 6) is -0.186. The SMILES string of the molecule is CC(C)(NC(=O)n1c(=O)n(CC2CCC2)c2ccccc21)C(N)=O. The Morgan fingerprint density at radius 3 is 2.42 bits per heavy atom. The lowest BCUT2D eigenvalue weighted by molar-refractivity contribution is -0.122. The molecule has 0 unspecified atom stereocenters. The smallest absolute Gasteiger partial charge is 0.337 e. The lowest BCUT2D eigenvalue weighted by atomic mass is 9.85. The van der Waals surface area contributed by atoms with Gasteiger partial charge in [-0.1, -0.05) is 18.6 Å². The molecule has 0 aliphatic heterocycles. The molecular formula is C17H22N4O3. The molecule has 3 N–H and O–H groups in total. The van der Waals surface area contributed by atoms with E-state index in [1.54, 1.807) is 16.7 Å². The minimum Gasteiger partial charge on any atom is -0.368 e. The molecule has 2 aromatic rings. The highest BCUT2D eigenvalue weighted by Gasteiger charge is 2.30. The number of aromatic nitrogens is 2. The monoisotopic (exact) mass is 330 g/mol. The highest BCUT2D eigenvalue weighted by molar-refractivity contribution is 5.93. The molecule has 0 bridgehead atoms. The predicted octanol–water partition coefficient (Wildman–Crippen LogP) is 1.42. The number of nitrogens with zero attached hydrogens (tertiary/aromatic N) is 2. The zero-order chi connectivity index (χ0) is 17.5. The van der Waals surface area contributed by atoms with Crippen molar-refractivity contribution in [3.63, 3.8) is 0 Å². The zero-order valence-corrected chi connectivity index (χ0v) is 13.9. The zero-order valence-electron chi connectivity index (χ0n) is 13.9. The van der Waals surface area contributed by atoms with E-state index in [4.69, 9.17) is 5.73 Å². The number of hydrogen-bond donors (Lipinski definition) is 2. The van der Waals surface area contributed by atoms with Gasteiger partial charge >= 0.3 is 11.7 Å². The summed E-state index contributed by atoms with van der Waals surface area (Å²) in [5.41, 5.74) is 4.92. The first-order chi connectivity index (χ1) is 11.3. The summed E-state index contributed by atoms with van der Waals surface area (Å²) in [4.78, 5) is 36.9. The van der Waals surface area contributed by atoms with Gasteiger partial charge < -0.3 is 11.1 Å². The Hall–Kier alpha value is -2.57. The fraction of sp³-hybridized carbons (Fsp3) is 0.471. The molecule has 7 heteroatoms. The Kier molecular flexibility index (Phi) is 3.95. The van der Waals surface area contributed by atoms with E-state index in [-0.39, 0.29) is 5.69 Å². The maximum Gasteiger partial charge on any atom is 0.337 e. The molecule has 1 aromatic heterocycles. The standard InChI is InChI=1S/C17H22N4O3/c1-17(2,14(18)22)19-15(23)21-13-9-4-3-8-12(13)20(16(21)24)10-11-6-5-7-11/h3-4,8-9,11H,5-7,10H2,1-2H3,(H2,18,22)(H,19,23). The second-order valence-electron chi connectivity index (χ2n) is 6.93. The van der Waals surface area contributed by atoms with Crippen LogP contribution in [0.5, 0.6) is 0 Å². The number of rotatable bonds is 4. The third-order valence-corrected chi connectivity index (χ3v) is 4.74. The number of imidazole rings is 1. The van der Waals surface area contributed by atoms with Crippen LogP contribution in [0.2, 0.25) is 0 Å². The van der Waals surface area contributed by atoms with E-state index in [1.807, 2.05) is 12.1 Å². The predicted molar refractivity (Wildman–Crippen MR) is 90.7 cm³/mol. The molecule has 2 amide bonds. The Morgan fingerprint density at radius 1 is 1.25 bits per heavy atom. The molecule has 24 heavy (non-hydrogen) atoms. The normalized spacial score (nSPS) is 15.2. The minimum absolute atomic E-state index is 0.388. The van der Waals surface area contributed by atoms with E-state index in [2.05, 4.69) is 5.32 Å². The molecule has 0 spiro atoms. The van der Waals surface area contributed by atoms with Crippen LogP contribution in [0.1, 0.15) is 33.1 Å². The van der Waals surface area contributed by atoms with E-state index in [1.165, 1.54) is 20.3 Å². The molecule has 1 aromatic carbocycles. The molecule has 0 radical (unpaired) electrons. The van der Waals surface area contributed by atoms with Crippen molar-refractivity contribution in [3.05, 3.63) is 34.7 Å². The van der Waals surface area contributed by atoms with Gasteiger partial charge in [-0.25, -0.2) is 14.2 Å². The Morgan fingerprint density at radius 2 is 1.88 bits per heavy atom. The number of fused-ring (bicyclic) bond motifs is 1. The summed E-state index contributed by atoms with van der Waals surface area (Å²) in [6, 6.07) is 6.53. The molecule has 1 saturated carbocycles. The number of nitrogens with two attached hydrogens (primary N) is 1. The van der Waals surface area contributed by atoms with Crippen LogP contribution in [-0.2, 0) is 11.3 Å². The molecule has 7 nitrogen and oxygen atoms in total. The number of carbonyl (C=O) groups excluding carboxylic acids is 2. The van der Waals surface area contributed by atoms with Crippen molar-refractivity contribution in [2.75, 3.05) is 0 Å². The van der Waals surface area contributed by atoms with Gasteiger partial charge in [0.25, 0.3) is 0 Å². The lowest BCUT2D eigenvalue weighted by Crippen LogP contribution is -2.55. The van der Waals surface area contributed by atoms with E-state index in [0.29, 0.717) is 18.0 Å². The summed E-state index contributed by atoms with van der Waals surface area (Å²) in [6.45, 7) is 3.62. The van der Waals surface area contributed by atoms with Crippen LogP contribution >= 0.6 is 0 Å². The third-order valence-electron chi connectivity index (χ3n) is 4.74. The lowest BCUT2D eigenvalue weighted by Gasteiger charge is -2.25. The molecule has 1 aliphatic carbocycles. The van der Waals surface area contributed by atoms with Crippen LogP contribution in [0.25, 0.3) is 11.0 Å². The fourth-order valence-corrected chi connectivity index (χ4v) is 2.90. The van der Waals surface area contributed by atoms with E-state index in [9.17, 15) is 14.4 Å². The maximum absolute atomic E-state index is 12.8. The fourth-order valence-electron chi connectivity index (χ4n) is 2.90. The summed E-state index contributed by atoms with van der Waals surface area (Å²) < 4.78 is 2.73. The van der Waals surface area contributed by atoms with Crippen molar-refractivity contribution in [2.45, 2.75) is 45.2 Å². The topological polar surface area (TPSA) is 99.1 Å². The van der Waals surface area contributed by atoms with Crippen molar-refractivity contribution < 1.29 is 9.59 Å². The van der Waals surface area contributed by atoms with Crippen molar-refractivity contribution in [3.8, 4) is 0 Å². The van der Waals surface area contributed by atoms with Gasteiger partial charge in [-0.3, -0.25) is 9.36 Å². The van der Waals surface area contributed by atoms with Crippen molar-refractivity contribution >= 4 is 23.0 Å². The molecule has 3 rings (SSSR count). The number of benzene rings is 1. The second kappa shape index (κ2) is 5.81. The second-order valence-corrected chi connectivity index (χ2v) is 6.93. The van der Waals surface area contributed by atoms with Gasteiger partial charge in [0.05, 0.1) is 11.0 Å². The highest BCUT2D eigenvalue weighted by atomic mass is 16.2.